The van der Waals surface area contributed by atoms with E-state index in [1.807, 2.05) is 49.4 Å². The van der Waals surface area contributed by atoms with E-state index in [9.17, 15) is 5.11 Å². The number of ether oxygens (including phenoxy) is 1. The third kappa shape index (κ3) is 3.07. The number of hydrogen-bond donors (Lipinski definition) is 1. The van der Waals surface area contributed by atoms with E-state index < -0.39 is 6.10 Å². The average Bonchev–Trinajstić information content (AvgIpc) is 2.56. The summed E-state index contributed by atoms with van der Waals surface area (Å²) >= 11 is 0. The summed E-state index contributed by atoms with van der Waals surface area (Å²) in [5.41, 5.74) is 2.60. The first-order valence-corrected chi connectivity index (χ1v) is 7.37. The van der Waals surface area contributed by atoms with E-state index in [2.05, 4.69) is 9.97 Å². The number of hydrogen-bond acceptors (Lipinski definition) is 4. The molecule has 1 N–H and O–H groups in total. The molecule has 0 bridgehead atoms. The van der Waals surface area contributed by atoms with Crippen LogP contribution >= 0.6 is 0 Å². The first-order valence-electron chi connectivity index (χ1n) is 7.37. The van der Waals surface area contributed by atoms with Crippen LogP contribution in [0, 0.1) is 0 Å². The minimum Gasteiger partial charge on any atom is -0.494 e. The largest absolute Gasteiger partial charge is 0.494 e. The molecule has 0 spiro atoms. The lowest BCUT2D eigenvalue weighted by molar-refractivity contribution is 0.174. The average molecular weight is 294 g/mol. The molecule has 0 saturated heterocycles. The number of aliphatic hydroxyl groups is 1. The molecular weight excluding hydrogens is 276 g/mol. The highest BCUT2D eigenvalue weighted by Gasteiger charge is 2.12. The third-order valence-corrected chi connectivity index (χ3v) is 3.56. The van der Waals surface area contributed by atoms with E-state index in [0.717, 1.165) is 22.2 Å². The van der Waals surface area contributed by atoms with Crippen molar-refractivity contribution < 1.29 is 9.84 Å². The lowest BCUT2D eigenvalue weighted by Crippen LogP contribution is -2.04. The van der Waals surface area contributed by atoms with E-state index in [-0.39, 0.29) is 0 Å². The summed E-state index contributed by atoms with van der Waals surface area (Å²) in [5.74, 6) is 0.816. The van der Waals surface area contributed by atoms with Crippen LogP contribution in [-0.2, 0) is 6.42 Å². The molecule has 4 nitrogen and oxygen atoms in total. The molecule has 0 saturated carbocycles. The molecule has 1 unspecified atom stereocenters. The van der Waals surface area contributed by atoms with Crippen molar-refractivity contribution in [1.82, 2.24) is 9.97 Å². The molecule has 0 radical (unpaired) electrons. The van der Waals surface area contributed by atoms with Crippen molar-refractivity contribution in [3.8, 4) is 5.75 Å². The normalized spacial score (nSPS) is 12.3. The van der Waals surface area contributed by atoms with Crippen LogP contribution < -0.4 is 4.74 Å². The Morgan fingerprint density at radius 3 is 2.77 bits per heavy atom. The van der Waals surface area contributed by atoms with Crippen molar-refractivity contribution in [3.05, 3.63) is 66.1 Å². The fourth-order valence-electron chi connectivity index (χ4n) is 2.50. The number of benzene rings is 1. The van der Waals surface area contributed by atoms with Gasteiger partial charge in [0.2, 0.25) is 0 Å². The van der Waals surface area contributed by atoms with Crippen LogP contribution in [0.4, 0.5) is 0 Å². The Morgan fingerprint density at radius 2 is 2.00 bits per heavy atom. The Morgan fingerprint density at radius 1 is 1.09 bits per heavy atom. The van der Waals surface area contributed by atoms with Gasteiger partial charge < -0.3 is 9.84 Å². The number of aromatic nitrogens is 2. The molecule has 3 aromatic rings. The van der Waals surface area contributed by atoms with Gasteiger partial charge in [-0.2, -0.15) is 0 Å². The van der Waals surface area contributed by atoms with Gasteiger partial charge >= 0.3 is 0 Å². The molecule has 0 fully saturated rings. The Kier molecular flexibility index (Phi) is 4.30. The summed E-state index contributed by atoms with van der Waals surface area (Å²) < 4.78 is 5.56. The molecule has 0 aliphatic carbocycles. The molecule has 22 heavy (non-hydrogen) atoms. The number of pyridine rings is 2. The van der Waals surface area contributed by atoms with Crippen molar-refractivity contribution in [2.75, 3.05) is 6.61 Å². The summed E-state index contributed by atoms with van der Waals surface area (Å²) in [6, 6.07) is 13.3. The maximum absolute atomic E-state index is 10.4. The van der Waals surface area contributed by atoms with Gasteiger partial charge in [-0.15, -0.1) is 0 Å². The molecule has 1 aromatic carbocycles. The topological polar surface area (TPSA) is 55.2 Å². The van der Waals surface area contributed by atoms with Crippen LogP contribution in [0.3, 0.4) is 0 Å². The summed E-state index contributed by atoms with van der Waals surface area (Å²) in [7, 11) is 0. The van der Waals surface area contributed by atoms with Crippen molar-refractivity contribution in [3.63, 3.8) is 0 Å². The van der Waals surface area contributed by atoms with E-state index in [0.29, 0.717) is 18.7 Å². The Labute approximate surface area is 129 Å². The van der Waals surface area contributed by atoms with Gasteiger partial charge in [-0.25, -0.2) is 0 Å². The molecule has 2 heterocycles. The van der Waals surface area contributed by atoms with Crippen molar-refractivity contribution in [2.45, 2.75) is 19.4 Å². The number of fused-ring (bicyclic) bond motifs is 1. The van der Waals surface area contributed by atoms with Crippen LogP contribution in [0.2, 0.25) is 0 Å². The number of nitrogens with zero attached hydrogens (tertiary/aromatic N) is 2. The SMILES string of the molecule is CCOc1ccc2nccc(CC(O)c3ccccn3)c2c1. The first-order chi connectivity index (χ1) is 10.8. The van der Waals surface area contributed by atoms with Gasteiger partial charge in [0.25, 0.3) is 0 Å². The fraction of sp³-hybridized carbons (Fsp3) is 0.222. The predicted molar refractivity (Wildman–Crippen MR) is 85.8 cm³/mol. The van der Waals surface area contributed by atoms with Crippen LogP contribution in [0.15, 0.2) is 54.9 Å². The fourth-order valence-corrected chi connectivity index (χ4v) is 2.50. The minimum absolute atomic E-state index is 0.492. The summed E-state index contributed by atoms with van der Waals surface area (Å²) in [5, 5.41) is 11.4. The predicted octanol–water partition coefficient (Wildman–Crippen LogP) is 3.30. The summed E-state index contributed by atoms with van der Waals surface area (Å²) in [4.78, 5) is 8.58. The second-order valence-corrected chi connectivity index (χ2v) is 5.06. The van der Waals surface area contributed by atoms with Crippen LogP contribution in [0.5, 0.6) is 5.75 Å². The molecule has 1 atom stereocenters. The van der Waals surface area contributed by atoms with Gasteiger partial charge in [-0.05, 0) is 48.9 Å². The quantitative estimate of drug-likeness (QED) is 0.784. The Balaban J connectivity index is 1.94. The molecule has 0 aliphatic rings. The van der Waals surface area contributed by atoms with Crippen molar-refractivity contribution in [2.24, 2.45) is 0 Å². The van der Waals surface area contributed by atoms with E-state index in [1.54, 1.807) is 12.4 Å². The third-order valence-electron chi connectivity index (χ3n) is 3.56. The Bertz CT molecular complexity index is 759. The van der Waals surface area contributed by atoms with Gasteiger partial charge in [0.1, 0.15) is 5.75 Å². The monoisotopic (exact) mass is 294 g/mol. The lowest BCUT2D eigenvalue weighted by atomic mass is 10.0. The first kappa shape index (κ1) is 14.5. The zero-order chi connectivity index (χ0) is 15.4. The molecule has 3 rings (SSSR count). The zero-order valence-electron chi connectivity index (χ0n) is 12.4. The molecule has 2 aromatic heterocycles. The minimum atomic E-state index is -0.637. The molecular formula is C18H18N2O2. The maximum atomic E-state index is 10.4. The molecule has 4 heteroatoms. The van der Waals surface area contributed by atoms with Crippen molar-refractivity contribution in [1.29, 1.82) is 0 Å². The second-order valence-electron chi connectivity index (χ2n) is 5.06. The molecule has 112 valence electrons. The highest BCUT2D eigenvalue weighted by molar-refractivity contribution is 5.83. The lowest BCUT2D eigenvalue weighted by Gasteiger charge is -2.12. The standard InChI is InChI=1S/C18H18N2O2/c1-2-22-14-6-7-16-15(12-14)13(8-10-20-16)11-18(21)17-5-3-4-9-19-17/h3-10,12,18,21H,2,11H2,1H3. The van der Waals surface area contributed by atoms with Crippen LogP contribution in [0.25, 0.3) is 10.9 Å². The van der Waals surface area contributed by atoms with Crippen LogP contribution in [-0.4, -0.2) is 21.7 Å². The summed E-state index contributed by atoms with van der Waals surface area (Å²) in [6.45, 7) is 2.58. The highest BCUT2D eigenvalue weighted by atomic mass is 16.5. The second kappa shape index (κ2) is 6.54. The molecule has 0 amide bonds. The molecule has 0 aliphatic heterocycles. The number of aliphatic hydroxyl groups excluding tert-OH is 1. The van der Waals surface area contributed by atoms with Gasteiger partial charge in [0.15, 0.2) is 0 Å². The summed E-state index contributed by atoms with van der Waals surface area (Å²) in [6.07, 6.45) is 3.31. The highest BCUT2D eigenvalue weighted by Crippen LogP contribution is 2.26. The smallest absolute Gasteiger partial charge is 0.120 e. The van der Waals surface area contributed by atoms with E-state index >= 15 is 0 Å². The zero-order valence-corrected chi connectivity index (χ0v) is 12.4. The van der Waals surface area contributed by atoms with Gasteiger partial charge in [-0.3, -0.25) is 9.97 Å². The van der Waals surface area contributed by atoms with Gasteiger partial charge in [0, 0.05) is 24.2 Å². The van der Waals surface area contributed by atoms with Crippen LogP contribution in [0.1, 0.15) is 24.3 Å². The number of rotatable bonds is 5. The van der Waals surface area contributed by atoms with Crippen molar-refractivity contribution >= 4 is 10.9 Å². The van der Waals surface area contributed by atoms with E-state index in [4.69, 9.17) is 4.74 Å². The maximum Gasteiger partial charge on any atom is 0.120 e. The van der Waals surface area contributed by atoms with E-state index in [1.165, 1.54) is 0 Å². The van der Waals surface area contributed by atoms with Gasteiger partial charge in [-0.1, -0.05) is 6.07 Å². The Hall–Kier alpha value is -2.46. The van der Waals surface area contributed by atoms with Gasteiger partial charge in [0.05, 0.1) is 23.9 Å².